The van der Waals surface area contributed by atoms with Crippen molar-refractivity contribution >= 4 is 5.82 Å². The summed E-state index contributed by atoms with van der Waals surface area (Å²) in [5, 5.41) is 0. The van der Waals surface area contributed by atoms with Gasteiger partial charge in [0.25, 0.3) is 12.0 Å². The van der Waals surface area contributed by atoms with Crippen LogP contribution in [0.25, 0.3) is 11.3 Å². The number of ether oxygens (including phenoxy) is 1. The molecule has 33 heavy (non-hydrogen) atoms. The number of hydrogen-bond donors (Lipinski definition) is 2. The van der Waals surface area contributed by atoms with E-state index in [0.717, 1.165) is 18.3 Å². The Hall–Kier alpha value is -3.77. The Morgan fingerprint density at radius 2 is 1.97 bits per heavy atom. The van der Waals surface area contributed by atoms with Crippen LogP contribution in [0.15, 0.2) is 40.1 Å². The molecule has 13 heteroatoms. The highest BCUT2D eigenvalue weighted by Crippen LogP contribution is 2.35. The van der Waals surface area contributed by atoms with Gasteiger partial charge in [0.1, 0.15) is 23.2 Å². The third-order valence-electron chi connectivity index (χ3n) is 4.98. The maximum atomic E-state index is 14.7. The molecular weight excluding hydrogens is 453 g/mol. The zero-order valence-electron chi connectivity index (χ0n) is 16.9. The van der Waals surface area contributed by atoms with E-state index in [1.54, 1.807) is 0 Å². The first-order valence-corrected chi connectivity index (χ1v) is 9.58. The molecule has 3 heterocycles. The van der Waals surface area contributed by atoms with E-state index in [-0.39, 0.29) is 35.2 Å². The fourth-order valence-corrected chi connectivity index (χ4v) is 3.43. The standard InChI is InChI=1S/C20H16F5N5O3/c1-9-27-14(12-6-26-19(32)29-18(12)31)5-16(28-9)30-7-15(20(24,25)8-30)33-10-2-3-13(21)11(4-10)17(22)23/h2-6,15,17H,7-8H2,1H3,(H2,26,29,31,32)/t15-/m0/s1. The molecule has 1 fully saturated rings. The second-order valence-electron chi connectivity index (χ2n) is 7.38. The summed E-state index contributed by atoms with van der Waals surface area (Å²) in [6, 6.07) is 3.72. The summed E-state index contributed by atoms with van der Waals surface area (Å²) in [6.45, 7) is 0.324. The highest BCUT2D eigenvalue weighted by molar-refractivity contribution is 5.61. The van der Waals surface area contributed by atoms with Crippen LogP contribution >= 0.6 is 0 Å². The minimum Gasteiger partial charge on any atom is -0.482 e. The van der Waals surface area contributed by atoms with Gasteiger partial charge in [0.2, 0.25) is 0 Å². The van der Waals surface area contributed by atoms with E-state index in [0.29, 0.717) is 6.07 Å². The molecule has 0 spiro atoms. The summed E-state index contributed by atoms with van der Waals surface area (Å²) in [4.78, 5) is 37.1. The monoisotopic (exact) mass is 469 g/mol. The molecule has 1 aromatic carbocycles. The van der Waals surface area contributed by atoms with E-state index in [9.17, 15) is 31.5 Å². The molecule has 0 saturated carbocycles. The number of aromatic amines is 2. The molecule has 2 N–H and O–H groups in total. The molecule has 1 aliphatic rings. The first-order chi connectivity index (χ1) is 15.5. The molecule has 1 aliphatic heterocycles. The SMILES string of the molecule is Cc1nc(-c2c[nH]c(=O)[nH]c2=O)cc(N2C[C@H](Oc3ccc(F)c(C(F)F)c3)C(F)(F)C2)n1. The number of H-pyrrole nitrogens is 2. The van der Waals surface area contributed by atoms with Crippen LogP contribution in [-0.2, 0) is 0 Å². The van der Waals surface area contributed by atoms with Gasteiger partial charge >= 0.3 is 11.6 Å². The van der Waals surface area contributed by atoms with Crippen molar-refractivity contribution in [2.24, 2.45) is 0 Å². The predicted molar refractivity (Wildman–Crippen MR) is 106 cm³/mol. The predicted octanol–water partition coefficient (Wildman–Crippen LogP) is 2.81. The van der Waals surface area contributed by atoms with Crippen LogP contribution in [0.4, 0.5) is 27.8 Å². The summed E-state index contributed by atoms with van der Waals surface area (Å²) in [5.41, 5.74) is -2.28. The summed E-state index contributed by atoms with van der Waals surface area (Å²) >= 11 is 0. The Morgan fingerprint density at radius 3 is 2.67 bits per heavy atom. The topological polar surface area (TPSA) is 104 Å². The van der Waals surface area contributed by atoms with Crippen molar-refractivity contribution in [2.45, 2.75) is 25.4 Å². The van der Waals surface area contributed by atoms with Gasteiger partial charge in [-0.1, -0.05) is 0 Å². The first-order valence-electron chi connectivity index (χ1n) is 9.58. The van der Waals surface area contributed by atoms with E-state index in [1.807, 2.05) is 4.98 Å². The van der Waals surface area contributed by atoms with Crippen molar-refractivity contribution in [3.8, 4) is 17.0 Å². The van der Waals surface area contributed by atoms with Crippen molar-refractivity contribution in [1.29, 1.82) is 0 Å². The average molecular weight is 469 g/mol. The summed E-state index contributed by atoms with van der Waals surface area (Å²) < 4.78 is 73.9. The van der Waals surface area contributed by atoms with Gasteiger partial charge in [-0.25, -0.2) is 36.7 Å². The third kappa shape index (κ3) is 4.56. The van der Waals surface area contributed by atoms with Crippen LogP contribution in [0.3, 0.4) is 0 Å². The number of aryl methyl sites for hydroxylation is 1. The molecular formula is C20H16F5N5O3. The Kier molecular flexibility index (Phi) is 5.64. The van der Waals surface area contributed by atoms with E-state index < -0.39 is 47.6 Å². The molecule has 0 unspecified atom stereocenters. The number of benzene rings is 1. The van der Waals surface area contributed by atoms with Crippen molar-refractivity contribution in [3.05, 3.63) is 68.5 Å². The summed E-state index contributed by atoms with van der Waals surface area (Å²) in [7, 11) is 0. The lowest BCUT2D eigenvalue weighted by Gasteiger charge is -2.19. The third-order valence-corrected chi connectivity index (χ3v) is 4.98. The van der Waals surface area contributed by atoms with Crippen LogP contribution in [0, 0.1) is 12.7 Å². The fourth-order valence-electron chi connectivity index (χ4n) is 3.43. The van der Waals surface area contributed by atoms with Gasteiger partial charge in [0, 0.05) is 12.3 Å². The Balaban J connectivity index is 1.62. The number of hydrogen-bond acceptors (Lipinski definition) is 6. The molecule has 4 rings (SSSR count). The number of nitrogens with one attached hydrogen (secondary N) is 2. The first kappa shape index (κ1) is 22.4. The van der Waals surface area contributed by atoms with Crippen molar-refractivity contribution in [3.63, 3.8) is 0 Å². The highest BCUT2D eigenvalue weighted by Gasteiger charge is 2.50. The van der Waals surface area contributed by atoms with E-state index in [2.05, 4.69) is 15.0 Å². The number of rotatable bonds is 5. The van der Waals surface area contributed by atoms with Gasteiger partial charge in [-0.2, -0.15) is 0 Å². The lowest BCUT2D eigenvalue weighted by atomic mass is 10.2. The Morgan fingerprint density at radius 1 is 1.21 bits per heavy atom. The normalized spacial score (nSPS) is 17.5. The molecule has 0 aliphatic carbocycles. The zero-order chi connectivity index (χ0) is 23.9. The molecule has 0 bridgehead atoms. The smallest absolute Gasteiger partial charge is 0.325 e. The maximum absolute atomic E-state index is 14.7. The van der Waals surface area contributed by atoms with Crippen LogP contribution in [0.2, 0.25) is 0 Å². The van der Waals surface area contributed by atoms with Crippen LogP contribution in [0.1, 0.15) is 17.8 Å². The molecule has 3 aromatic rings. The van der Waals surface area contributed by atoms with Gasteiger partial charge in [-0.15, -0.1) is 0 Å². The van der Waals surface area contributed by atoms with Gasteiger partial charge in [-0.05, 0) is 25.1 Å². The van der Waals surface area contributed by atoms with E-state index in [4.69, 9.17) is 4.74 Å². The lowest BCUT2D eigenvalue weighted by Crippen LogP contribution is -2.36. The largest absolute Gasteiger partial charge is 0.482 e. The summed E-state index contributed by atoms with van der Waals surface area (Å²) in [6.07, 6.45) is -3.72. The Bertz CT molecular complexity index is 1310. The van der Waals surface area contributed by atoms with Gasteiger partial charge < -0.3 is 14.6 Å². The average Bonchev–Trinajstić information content (AvgIpc) is 3.03. The van der Waals surface area contributed by atoms with E-state index >= 15 is 0 Å². The van der Waals surface area contributed by atoms with Crippen LogP contribution in [-0.4, -0.2) is 45.1 Å². The van der Waals surface area contributed by atoms with Gasteiger partial charge in [0.15, 0.2) is 6.10 Å². The molecule has 174 valence electrons. The zero-order valence-corrected chi connectivity index (χ0v) is 16.9. The maximum Gasteiger partial charge on any atom is 0.325 e. The van der Waals surface area contributed by atoms with Crippen molar-refractivity contribution < 1.29 is 26.7 Å². The molecule has 1 atom stereocenters. The van der Waals surface area contributed by atoms with Crippen LogP contribution < -0.4 is 20.9 Å². The number of anilines is 1. The second kappa shape index (κ2) is 8.30. The minimum atomic E-state index is -3.39. The molecule has 8 nitrogen and oxygen atoms in total. The second-order valence-corrected chi connectivity index (χ2v) is 7.38. The fraction of sp³-hybridized carbons (Fsp3) is 0.300. The van der Waals surface area contributed by atoms with Crippen molar-refractivity contribution in [1.82, 2.24) is 19.9 Å². The molecule has 2 aromatic heterocycles. The summed E-state index contributed by atoms with van der Waals surface area (Å²) in [5.74, 6) is -4.63. The Labute approximate surface area is 182 Å². The van der Waals surface area contributed by atoms with Gasteiger partial charge in [-0.3, -0.25) is 9.78 Å². The van der Waals surface area contributed by atoms with Crippen molar-refractivity contribution in [2.75, 3.05) is 18.0 Å². The quantitative estimate of drug-likeness (QED) is 0.557. The molecule has 1 saturated heterocycles. The number of aromatic nitrogens is 4. The lowest BCUT2D eigenvalue weighted by molar-refractivity contribution is -0.0595. The number of halogens is 5. The molecule has 0 amide bonds. The van der Waals surface area contributed by atoms with E-state index in [1.165, 1.54) is 17.9 Å². The number of alkyl halides is 4. The number of nitrogens with zero attached hydrogens (tertiary/aromatic N) is 3. The van der Waals surface area contributed by atoms with Gasteiger partial charge in [0.05, 0.1) is 29.9 Å². The highest BCUT2D eigenvalue weighted by atomic mass is 19.3. The van der Waals surface area contributed by atoms with Crippen LogP contribution in [0.5, 0.6) is 5.75 Å². The molecule has 0 radical (unpaired) electrons. The minimum absolute atomic E-state index is 0.00551.